The van der Waals surface area contributed by atoms with Crippen LogP contribution in [0.4, 0.5) is 5.13 Å². The van der Waals surface area contributed by atoms with E-state index in [-0.39, 0.29) is 5.91 Å². The van der Waals surface area contributed by atoms with Crippen LogP contribution in [-0.2, 0) is 0 Å². The van der Waals surface area contributed by atoms with Crippen LogP contribution < -0.4 is 5.32 Å². The maximum atomic E-state index is 12.0. The van der Waals surface area contributed by atoms with Crippen LogP contribution in [0.3, 0.4) is 0 Å². The zero-order valence-electron chi connectivity index (χ0n) is 10.7. The maximum absolute atomic E-state index is 12.0. The number of anilines is 1. The minimum atomic E-state index is -0.212. The van der Waals surface area contributed by atoms with Gasteiger partial charge < -0.3 is 4.98 Å². The molecule has 0 aliphatic rings. The molecule has 2 heterocycles. The van der Waals surface area contributed by atoms with Gasteiger partial charge in [0.2, 0.25) is 5.13 Å². The van der Waals surface area contributed by atoms with Gasteiger partial charge in [-0.2, -0.15) is 0 Å². The van der Waals surface area contributed by atoms with Crippen molar-refractivity contribution in [1.29, 1.82) is 0 Å². The standard InChI is InChI=1S/C14H10N4OS2/c19-11(9-5-2-1-3-6-9)16-14-18-17-13(21-14)10-7-4-8-15-12(10)20/h1-8H,(H,15,20)(H,16,18,19). The van der Waals surface area contributed by atoms with Gasteiger partial charge in [0.15, 0.2) is 5.01 Å². The van der Waals surface area contributed by atoms with Gasteiger partial charge in [-0.25, -0.2) is 0 Å². The number of rotatable bonds is 3. The Morgan fingerprint density at radius 1 is 1.14 bits per heavy atom. The summed E-state index contributed by atoms with van der Waals surface area (Å²) < 4.78 is 0.592. The number of H-pyrrole nitrogens is 1. The number of aromatic nitrogens is 3. The van der Waals surface area contributed by atoms with Crippen molar-refractivity contribution in [3.63, 3.8) is 0 Å². The lowest BCUT2D eigenvalue weighted by Crippen LogP contribution is -2.11. The first kappa shape index (κ1) is 13.6. The average molecular weight is 314 g/mol. The molecule has 2 aromatic heterocycles. The summed E-state index contributed by atoms with van der Waals surface area (Å²) in [6.07, 6.45) is 1.75. The van der Waals surface area contributed by atoms with E-state index in [0.29, 0.717) is 20.3 Å². The highest BCUT2D eigenvalue weighted by Crippen LogP contribution is 2.26. The van der Waals surface area contributed by atoms with E-state index in [1.807, 2.05) is 30.3 Å². The van der Waals surface area contributed by atoms with Crippen molar-refractivity contribution in [2.75, 3.05) is 5.32 Å². The zero-order chi connectivity index (χ0) is 14.7. The molecule has 3 aromatic rings. The molecule has 0 radical (unpaired) electrons. The Labute approximate surface area is 129 Å². The van der Waals surface area contributed by atoms with E-state index in [2.05, 4.69) is 20.5 Å². The third-order valence-corrected chi connectivity index (χ3v) is 3.94. The minimum Gasteiger partial charge on any atom is -0.352 e. The van der Waals surface area contributed by atoms with Crippen molar-refractivity contribution >= 4 is 34.6 Å². The highest BCUT2D eigenvalue weighted by molar-refractivity contribution is 7.71. The highest BCUT2D eigenvalue weighted by atomic mass is 32.1. The predicted molar refractivity (Wildman–Crippen MR) is 84.9 cm³/mol. The fourth-order valence-electron chi connectivity index (χ4n) is 1.73. The Balaban J connectivity index is 1.82. The molecular formula is C14H10N4OS2. The van der Waals surface area contributed by atoms with Crippen molar-refractivity contribution in [3.8, 4) is 10.6 Å². The van der Waals surface area contributed by atoms with Crippen LogP contribution in [0.2, 0.25) is 0 Å². The Morgan fingerprint density at radius 2 is 1.95 bits per heavy atom. The van der Waals surface area contributed by atoms with Crippen LogP contribution >= 0.6 is 23.6 Å². The number of hydrogen-bond acceptors (Lipinski definition) is 5. The Kier molecular flexibility index (Phi) is 3.85. The number of amides is 1. The highest BCUT2D eigenvalue weighted by Gasteiger charge is 2.11. The monoisotopic (exact) mass is 314 g/mol. The fraction of sp³-hybridized carbons (Fsp3) is 0. The summed E-state index contributed by atoms with van der Waals surface area (Å²) in [6.45, 7) is 0. The van der Waals surface area contributed by atoms with Crippen molar-refractivity contribution < 1.29 is 4.79 Å². The molecular weight excluding hydrogens is 304 g/mol. The molecule has 1 aromatic carbocycles. The zero-order valence-corrected chi connectivity index (χ0v) is 12.4. The number of carbonyl (C=O) groups is 1. The molecule has 0 bridgehead atoms. The molecule has 3 rings (SSSR count). The van der Waals surface area contributed by atoms with Crippen molar-refractivity contribution in [1.82, 2.24) is 15.2 Å². The SMILES string of the molecule is O=C(Nc1nnc(-c2ccc[nH]c2=S)s1)c1ccccc1. The van der Waals surface area contributed by atoms with Crippen LogP contribution in [0.5, 0.6) is 0 Å². The van der Waals surface area contributed by atoms with Crippen LogP contribution in [-0.4, -0.2) is 21.1 Å². The molecule has 5 nitrogen and oxygen atoms in total. The first-order valence-electron chi connectivity index (χ1n) is 6.12. The van der Waals surface area contributed by atoms with E-state index in [1.54, 1.807) is 18.3 Å². The largest absolute Gasteiger partial charge is 0.352 e. The first-order chi connectivity index (χ1) is 10.2. The second kappa shape index (κ2) is 5.94. The number of benzene rings is 1. The molecule has 0 fully saturated rings. The predicted octanol–water partition coefficient (Wildman–Crippen LogP) is 3.51. The van der Waals surface area contributed by atoms with Crippen LogP contribution in [0.15, 0.2) is 48.7 Å². The van der Waals surface area contributed by atoms with Gasteiger partial charge in [0.25, 0.3) is 5.91 Å². The van der Waals surface area contributed by atoms with E-state index < -0.39 is 0 Å². The van der Waals surface area contributed by atoms with Crippen molar-refractivity contribution in [2.24, 2.45) is 0 Å². The lowest BCUT2D eigenvalue weighted by atomic mass is 10.2. The van der Waals surface area contributed by atoms with Gasteiger partial charge in [-0.1, -0.05) is 41.8 Å². The molecule has 0 aliphatic heterocycles. The van der Waals surface area contributed by atoms with E-state index in [9.17, 15) is 4.79 Å². The minimum absolute atomic E-state index is 0.212. The molecule has 21 heavy (non-hydrogen) atoms. The average Bonchev–Trinajstić information content (AvgIpc) is 2.97. The molecule has 1 amide bonds. The summed E-state index contributed by atoms with van der Waals surface area (Å²) in [4.78, 5) is 15.0. The quantitative estimate of drug-likeness (QED) is 0.726. The maximum Gasteiger partial charge on any atom is 0.257 e. The Morgan fingerprint density at radius 3 is 2.71 bits per heavy atom. The van der Waals surface area contributed by atoms with E-state index >= 15 is 0 Å². The first-order valence-corrected chi connectivity index (χ1v) is 7.34. The van der Waals surface area contributed by atoms with Gasteiger partial charge >= 0.3 is 0 Å². The Hall–Kier alpha value is -2.38. The summed E-state index contributed by atoms with van der Waals surface area (Å²) in [6, 6.07) is 12.7. The van der Waals surface area contributed by atoms with Crippen LogP contribution in [0, 0.1) is 4.64 Å². The number of nitrogens with one attached hydrogen (secondary N) is 2. The summed E-state index contributed by atoms with van der Waals surface area (Å²) >= 11 is 6.49. The lowest BCUT2D eigenvalue weighted by molar-refractivity contribution is 0.102. The van der Waals surface area contributed by atoms with Crippen molar-refractivity contribution in [3.05, 3.63) is 58.9 Å². The van der Waals surface area contributed by atoms with E-state index in [1.165, 1.54) is 11.3 Å². The topological polar surface area (TPSA) is 70.7 Å². The summed E-state index contributed by atoms with van der Waals surface area (Å²) in [5, 5.41) is 11.9. The number of carbonyl (C=O) groups excluding carboxylic acids is 1. The number of aromatic amines is 1. The molecule has 0 saturated heterocycles. The Bertz CT molecular complexity index is 826. The molecule has 7 heteroatoms. The summed E-state index contributed by atoms with van der Waals surface area (Å²) in [5.41, 5.74) is 1.37. The molecule has 0 unspecified atom stereocenters. The second-order valence-corrected chi connectivity index (χ2v) is 5.53. The van der Waals surface area contributed by atoms with Crippen LogP contribution in [0.1, 0.15) is 10.4 Å². The summed E-state index contributed by atoms with van der Waals surface area (Å²) in [7, 11) is 0. The third kappa shape index (κ3) is 3.04. The number of pyridine rings is 1. The van der Waals surface area contributed by atoms with Gasteiger partial charge in [0.05, 0.1) is 0 Å². The fourth-order valence-corrected chi connectivity index (χ4v) is 2.80. The smallest absolute Gasteiger partial charge is 0.257 e. The molecule has 0 spiro atoms. The van der Waals surface area contributed by atoms with Gasteiger partial charge in [-0.05, 0) is 24.3 Å². The lowest BCUT2D eigenvalue weighted by Gasteiger charge is -1.99. The molecule has 0 aliphatic carbocycles. The van der Waals surface area contributed by atoms with Crippen LogP contribution in [0.25, 0.3) is 10.6 Å². The molecule has 104 valence electrons. The third-order valence-electron chi connectivity index (χ3n) is 2.73. The van der Waals surface area contributed by atoms with Gasteiger partial charge in [-0.3, -0.25) is 10.1 Å². The second-order valence-electron chi connectivity index (χ2n) is 4.15. The van der Waals surface area contributed by atoms with E-state index in [4.69, 9.17) is 12.2 Å². The van der Waals surface area contributed by atoms with Gasteiger partial charge in [0.1, 0.15) is 4.64 Å². The van der Waals surface area contributed by atoms with E-state index in [0.717, 1.165) is 5.56 Å². The normalized spacial score (nSPS) is 10.3. The number of nitrogens with zero attached hydrogens (tertiary/aromatic N) is 2. The molecule has 2 N–H and O–H groups in total. The van der Waals surface area contributed by atoms with Gasteiger partial charge in [-0.15, -0.1) is 10.2 Å². The van der Waals surface area contributed by atoms with Gasteiger partial charge in [0, 0.05) is 17.3 Å². The molecule has 0 saturated carbocycles. The van der Waals surface area contributed by atoms with Crippen molar-refractivity contribution in [2.45, 2.75) is 0 Å². The summed E-state index contributed by atoms with van der Waals surface area (Å²) in [5.74, 6) is -0.212. The number of hydrogen-bond donors (Lipinski definition) is 2. The molecule has 0 atom stereocenters.